The van der Waals surface area contributed by atoms with E-state index >= 15 is 0 Å². The van der Waals surface area contributed by atoms with Crippen LogP contribution in [0.4, 0.5) is 0 Å². The molecule has 33 heavy (non-hydrogen) atoms. The number of hydrogen-bond acceptors (Lipinski definition) is 6. The Labute approximate surface area is 199 Å². The fourth-order valence-electron chi connectivity index (χ4n) is 3.83. The third-order valence-electron chi connectivity index (χ3n) is 5.75. The summed E-state index contributed by atoms with van der Waals surface area (Å²) in [4.78, 5) is 12.7. The average Bonchev–Trinajstić information content (AvgIpc) is 2.83. The summed E-state index contributed by atoms with van der Waals surface area (Å²) in [7, 11) is 0.953. The molecule has 2 aromatic rings. The Balaban J connectivity index is 1.51. The van der Waals surface area contributed by atoms with E-state index in [9.17, 15) is 13.2 Å². The Morgan fingerprint density at radius 2 is 1.64 bits per heavy atom. The number of rotatable bonds is 9. The molecule has 0 spiro atoms. The molecule has 1 aliphatic heterocycles. The number of halogens is 1. The van der Waals surface area contributed by atoms with E-state index in [4.69, 9.17) is 25.8 Å². The van der Waals surface area contributed by atoms with Crippen LogP contribution in [-0.2, 0) is 21.2 Å². The number of sulfonamides is 1. The van der Waals surface area contributed by atoms with Crippen LogP contribution in [0.15, 0.2) is 41.3 Å². The Morgan fingerprint density at radius 1 is 1.00 bits per heavy atom. The lowest BCUT2D eigenvalue weighted by atomic mass is 9.97. The Kier molecular flexibility index (Phi) is 8.45. The minimum absolute atomic E-state index is 0.0555. The molecule has 0 saturated carbocycles. The fraction of sp³-hybridized carbons (Fsp3) is 0.435. The number of carbonyl (C=O) groups is 1. The molecule has 0 aliphatic carbocycles. The van der Waals surface area contributed by atoms with Crippen LogP contribution in [0.25, 0.3) is 0 Å². The quantitative estimate of drug-likeness (QED) is 0.573. The van der Waals surface area contributed by atoms with Crippen LogP contribution in [0.1, 0.15) is 18.4 Å². The molecule has 10 heteroatoms. The van der Waals surface area contributed by atoms with Gasteiger partial charge < -0.3 is 19.5 Å². The monoisotopic (exact) mass is 496 g/mol. The number of nitrogens with one attached hydrogen (secondary N) is 1. The number of benzene rings is 2. The molecule has 0 bridgehead atoms. The van der Waals surface area contributed by atoms with Crippen LogP contribution in [0, 0.1) is 5.92 Å². The predicted molar refractivity (Wildman–Crippen MR) is 126 cm³/mol. The number of carbonyl (C=O) groups excluding carboxylic acids is 1. The second kappa shape index (κ2) is 11.1. The molecule has 1 N–H and O–H groups in total. The summed E-state index contributed by atoms with van der Waals surface area (Å²) >= 11 is 6.09. The standard InChI is InChI=1S/C23H29ClN2O6S/c1-30-20-7-5-18(15-19(20)24)33(28,29)26-12-9-17(10-13-26)23(27)25-11-8-16-4-6-21(31-2)22(14-16)32-3/h4-7,14-15,17H,8-13H2,1-3H3,(H,25,27). The van der Waals surface area contributed by atoms with Gasteiger partial charge in [0.25, 0.3) is 0 Å². The third-order valence-corrected chi connectivity index (χ3v) is 7.94. The van der Waals surface area contributed by atoms with Crippen LogP contribution in [-0.4, -0.2) is 59.6 Å². The molecular weight excluding hydrogens is 468 g/mol. The summed E-state index contributed by atoms with van der Waals surface area (Å²) in [5.41, 5.74) is 1.02. The number of amides is 1. The minimum Gasteiger partial charge on any atom is -0.495 e. The molecule has 1 heterocycles. The summed E-state index contributed by atoms with van der Waals surface area (Å²) in [6.45, 7) is 1.04. The van der Waals surface area contributed by atoms with Crippen molar-refractivity contribution >= 4 is 27.5 Å². The first-order valence-corrected chi connectivity index (χ1v) is 12.4. The minimum atomic E-state index is -3.68. The van der Waals surface area contributed by atoms with Crippen molar-refractivity contribution in [1.29, 1.82) is 0 Å². The van der Waals surface area contributed by atoms with Crippen molar-refractivity contribution in [3.05, 3.63) is 47.0 Å². The van der Waals surface area contributed by atoms with E-state index in [2.05, 4.69) is 5.32 Å². The van der Waals surface area contributed by atoms with Gasteiger partial charge in [-0.2, -0.15) is 4.31 Å². The summed E-state index contributed by atoms with van der Waals surface area (Å²) in [5, 5.41) is 3.20. The number of ether oxygens (including phenoxy) is 3. The molecule has 1 aliphatic rings. The van der Waals surface area contributed by atoms with Crippen molar-refractivity contribution in [3.63, 3.8) is 0 Å². The topological polar surface area (TPSA) is 94.2 Å². The van der Waals surface area contributed by atoms with Gasteiger partial charge in [-0.25, -0.2) is 8.42 Å². The van der Waals surface area contributed by atoms with Crippen LogP contribution >= 0.6 is 11.6 Å². The molecule has 0 radical (unpaired) electrons. The van der Waals surface area contributed by atoms with Crippen molar-refractivity contribution in [2.24, 2.45) is 5.92 Å². The van der Waals surface area contributed by atoms with Gasteiger partial charge >= 0.3 is 0 Å². The number of methoxy groups -OCH3 is 3. The van der Waals surface area contributed by atoms with Gasteiger partial charge in [0.15, 0.2) is 11.5 Å². The van der Waals surface area contributed by atoms with E-state index in [0.29, 0.717) is 43.1 Å². The molecular formula is C23H29ClN2O6S. The van der Waals surface area contributed by atoms with E-state index in [-0.39, 0.29) is 34.8 Å². The number of piperidine rings is 1. The molecule has 0 unspecified atom stereocenters. The third kappa shape index (κ3) is 5.90. The lowest BCUT2D eigenvalue weighted by Crippen LogP contribution is -2.43. The molecule has 8 nitrogen and oxygen atoms in total. The summed E-state index contributed by atoms with van der Waals surface area (Å²) in [5.74, 6) is 1.44. The summed E-state index contributed by atoms with van der Waals surface area (Å²) in [6, 6.07) is 10.1. The van der Waals surface area contributed by atoms with Gasteiger partial charge in [-0.15, -0.1) is 0 Å². The summed E-state index contributed by atoms with van der Waals surface area (Å²) in [6.07, 6.45) is 1.58. The maximum Gasteiger partial charge on any atom is 0.243 e. The molecule has 3 rings (SSSR count). The highest BCUT2D eigenvalue weighted by molar-refractivity contribution is 7.89. The SMILES string of the molecule is COc1ccc(S(=O)(=O)N2CCC(C(=O)NCCc3ccc(OC)c(OC)c3)CC2)cc1Cl. The highest BCUT2D eigenvalue weighted by Gasteiger charge is 2.32. The Bertz CT molecular complexity index is 1080. The number of nitrogens with zero attached hydrogens (tertiary/aromatic N) is 1. The van der Waals surface area contributed by atoms with Gasteiger partial charge in [0.05, 0.1) is 31.2 Å². The second-order valence-corrected chi connectivity index (χ2v) is 10.1. The highest BCUT2D eigenvalue weighted by Crippen LogP contribution is 2.30. The second-order valence-electron chi connectivity index (χ2n) is 7.71. The number of hydrogen-bond donors (Lipinski definition) is 1. The van der Waals surface area contributed by atoms with Crippen molar-refractivity contribution < 1.29 is 27.4 Å². The molecule has 1 saturated heterocycles. The van der Waals surface area contributed by atoms with Crippen molar-refractivity contribution in [1.82, 2.24) is 9.62 Å². The lowest BCUT2D eigenvalue weighted by Gasteiger charge is -2.30. The first kappa shape index (κ1) is 25.1. The maximum absolute atomic E-state index is 12.9. The van der Waals surface area contributed by atoms with E-state index in [1.807, 2.05) is 18.2 Å². The van der Waals surface area contributed by atoms with Crippen LogP contribution < -0.4 is 19.5 Å². The summed E-state index contributed by atoms with van der Waals surface area (Å²) < 4.78 is 42.9. The maximum atomic E-state index is 12.9. The lowest BCUT2D eigenvalue weighted by molar-refractivity contribution is -0.126. The Hall–Kier alpha value is -2.49. The first-order chi connectivity index (χ1) is 15.8. The molecule has 180 valence electrons. The first-order valence-electron chi connectivity index (χ1n) is 10.6. The van der Waals surface area contributed by atoms with Crippen LogP contribution in [0.3, 0.4) is 0 Å². The largest absolute Gasteiger partial charge is 0.495 e. The zero-order valence-corrected chi connectivity index (χ0v) is 20.5. The zero-order chi connectivity index (χ0) is 24.0. The smallest absolute Gasteiger partial charge is 0.243 e. The average molecular weight is 497 g/mol. The van der Waals surface area contributed by atoms with E-state index in [1.54, 1.807) is 14.2 Å². The van der Waals surface area contributed by atoms with Crippen molar-refractivity contribution in [3.8, 4) is 17.2 Å². The van der Waals surface area contributed by atoms with Crippen LogP contribution in [0.2, 0.25) is 5.02 Å². The van der Waals surface area contributed by atoms with Gasteiger partial charge in [-0.05, 0) is 55.2 Å². The van der Waals surface area contributed by atoms with Gasteiger partial charge in [0.2, 0.25) is 15.9 Å². The normalized spacial score (nSPS) is 15.2. The molecule has 1 amide bonds. The molecule has 1 fully saturated rings. The molecule has 2 aromatic carbocycles. The van der Waals surface area contributed by atoms with Crippen molar-refractivity contribution in [2.75, 3.05) is 41.0 Å². The predicted octanol–water partition coefficient (Wildman–Crippen LogP) is 3.13. The van der Waals surface area contributed by atoms with E-state index in [0.717, 1.165) is 5.56 Å². The van der Waals surface area contributed by atoms with Gasteiger partial charge in [-0.3, -0.25) is 4.79 Å². The van der Waals surface area contributed by atoms with Crippen LogP contribution in [0.5, 0.6) is 17.2 Å². The molecule has 0 aromatic heterocycles. The van der Waals surface area contributed by atoms with Gasteiger partial charge in [0.1, 0.15) is 5.75 Å². The highest BCUT2D eigenvalue weighted by atomic mass is 35.5. The van der Waals surface area contributed by atoms with Crippen molar-refractivity contribution in [2.45, 2.75) is 24.2 Å². The zero-order valence-electron chi connectivity index (χ0n) is 19.0. The fourth-order valence-corrected chi connectivity index (χ4v) is 5.64. The van der Waals surface area contributed by atoms with E-state index < -0.39 is 10.0 Å². The van der Waals surface area contributed by atoms with Gasteiger partial charge in [-0.1, -0.05) is 17.7 Å². The van der Waals surface area contributed by atoms with Gasteiger partial charge in [0, 0.05) is 25.6 Å². The molecule has 0 atom stereocenters. The van der Waals surface area contributed by atoms with E-state index in [1.165, 1.54) is 29.6 Å². The Morgan fingerprint density at radius 3 is 2.24 bits per heavy atom.